The first-order valence-electron chi connectivity index (χ1n) is 4.39. The van der Waals surface area contributed by atoms with Crippen molar-refractivity contribution in [3.8, 4) is 0 Å². The van der Waals surface area contributed by atoms with Gasteiger partial charge in [-0.2, -0.15) is 0 Å². The minimum Gasteiger partial charge on any atom is -0.459 e. The first-order chi connectivity index (χ1) is 6.40. The Morgan fingerprint density at radius 2 is 2.23 bits per heavy atom. The Labute approximate surface area is 76.5 Å². The van der Waals surface area contributed by atoms with Gasteiger partial charge in [-0.05, 0) is 0 Å². The number of nitrogens with zero attached hydrogens (tertiary/aromatic N) is 1. The molecule has 1 aliphatic rings. The van der Waals surface area contributed by atoms with Gasteiger partial charge in [0.15, 0.2) is 12.0 Å². The zero-order valence-electron chi connectivity index (χ0n) is 7.32. The standard InChI is InChI=1S/C9H12N2O2/c12-6-9-5-8(7-13-9)11-3-1-10-2-4-11/h5-7,10H,1-4H2. The van der Waals surface area contributed by atoms with E-state index < -0.39 is 0 Å². The van der Waals surface area contributed by atoms with Crippen molar-refractivity contribution in [3.05, 3.63) is 18.1 Å². The Hall–Kier alpha value is -1.29. The second-order valence-electron chi connectivity index (χ2n) is 3.06. The molecule has 70 valence electrons. The highest BCUT2D eigenvalue weighted by Gasteiger charge is 2.12. The molecule has 2 rings (SSSR count). The number of hydrogen-bond donors (Lipinski definition) is 1. The van der Waals surface area contributed by atoms with Gasteiger partial charge < -0.3 is 14.6 Å². The van der Waals surface area contributed by atoms with Crippen LogP contribution in [0, 0.1) is 0 Å². The van der Waals surface area contributed by atoms with Crippen molar-refractivity contribution in [2.45, 2.75) is 0 Å². The van der Waals surface area contributed by atoms with Crippen molar-refractivity contribution in [1.29, 1.82) is 0 Å². The average Bonchev–Trinajstić information content (AvgIpc) is 2.67. The lowest BCUT2D eigenvalue weighted by atomic mass is 10.3. The molecule has 0 aliphatic carbocycles. The summed E-state index contributed by atoms with van der Waals surface area (Å²) in [5, 5.41) is 3.26. The van der Waals surface area contributed by atoms with Crippen molar-refractivity contribution < 1.29 is 9.21 Å². The van der Waals surface area contributed by atoms with Crippen molar-refractivity contribution >= 4 is 12.0 Å². The van der Waals surface area contributed by atoms with Crippen molar-refractivity contribution in [1.82, 2.24) is 5.32 Å². The van der Waals surface area contributed by atoms with Crippen LogP contribution in [0.1, 0.15) is 10.6 Å². The molecule has 4 heteroatoms. The van der Waals surface area contributed by atoms with E-state index in [1.165, 1.54) is 0 Å². The van der Waals surface area contributed by atoms with Gasteiger partial charge in [0.2, 0.25) is 0 Å². The summed E-state index contributed by atoms with van der Waals surface area (Å²) in [6, 6.07) is 1.78. The molecule has 1 fully saturated rings. The van der Waals surface area contributed by atoms with Gasteiger partial charge in [0, 0.05) is 32.2 Å². The number of carbonyl (C=O) groups excluding carboxylic acids is 1. The minimum absolute atomic E-state index is 0.397. The van der Waals surface area contributed by atoms with Gasteiger partial charge >= 0.3 is 0 Å². The summed E-state index contributed by atoms with van der Waals surface area (Å²) in [7, 11) is 0. The number of anilines is 1. The quantitative estimate of drug-likeness (QED) is 0.673. The molecule has 0 radical (unpaired) electrons. The summed E-state index contributed by atoms with van der Waals surface area (Å²) < 4.78 is 5.04. The smallest absolute Gasteiger partial charge is 0.185 e. The van der Waals surface area contributed by atoms with Crippen LogP contribution in [0.3, 0.4) is 0 Å². The van der Waals surface area contributed by atoms with Gasteiger partial charge in [-0.25, -0.2) is 0 Å². The van der Waals surface area contributed by atoms with Crippen LogP contribution in [-0.4, -0.2) is 32.5 Å². The first-order valence-corrected chi connectivity index (χ1v) is 4.39. The van der Waals surface area contributed by atoms with Crippen LogP contribution < -0.4 is 10.2 Å². The van der Waals surface area contributed by atoms with E-state index in [0.717, 1.165) is 38.2 Å². The van der Waals surface area contributed by atoms with E-state index >= 15 is 0 Å². The molecule has 0 spiro atoms. The van der Waals surface area contributed by atoms with Gasteiger partial charge in [0.05, 0.1) is 5.69 Å². The monoisotopic (exact) mass is 180 g/mol. The van der Waals surface area contributed by atoms with E-state index in [-0.39, 0.29) is 0 Å². The Morgan fingerprint density at radius 1 is 1.46 bits per heavy atom. The fourth-order valence-corrected chi connectivity index (χ4v) is 1.49. The Kier molecular flexibility index (Phi) is 2.31. The van der Waals surface area contributed by atoms with Crippen molar-refractivity contribution in [2.24, 2.45) is 0 Å². The predicted octanol–water partition coefficient (Wildman–Crippen LogP) is 0.502. The first kappa shape index (κ1) is 8.31. The van der Waals surface area contributed by atoms with E-state index in [1.54, 1.807) is 12.3 Å². The van der Waals surface area contributed by atoms with E-state index in [0.29, 0.717) is 5.76 Å². The predicted molar refractivity (Wildman–Crippen MR) is 49.2 cm³/mol. The lowest BCUT2D eigenvalue weighted by Gasteiger charge is -2.27. The summed E-state index contributed by atoms with van der Waals surface area (Å²) in [4.78, 5) is 12.6. The highest BCUT2D eigenvalue weighted by atomic mass is 16.3. The van der Waals surface area contributed by atoms with Gasteiger partial charge in [-0.15, -0.1) is 0 Å². The molecule has 0 aromatic carbocycles. The minimum atomic E-state index is 0.397. The molecule has 1 aromatic heterocycles. The van der Waals surface area contributed by atoms with Crippen LogP contribution in [-0.2, 0) is 0 Å². The number of aldehydes is 1. The molecule has 1 aromatic rings. The number of furan rings is 1. The molecule has 0 unspecified atom stereocenters. The molecule has 0 bridgehead atoms. The lowest BCUT2D eigenvalue weighted by Crippen LogP contribution is -2.43. The molecule has 13 heavy (non-hydrogen) atoms. The maximum Gasteiger partial charge on any atom is 0.185 e. The van der Waals surface area contributed by atoms with Crippen LogP contribution in [0.25, 0.3) is 0 Å². The van der Waals surface area contributed by atoms with Crippen LogP contribution in [0.5, 0.6) is 0 Å². The fourth-order valence-electron chi connectivity index (χ4n) is 1.49. The molecule has 1 saturated heterocycles. The van der Waals surface area contributed by atoms with E-state index in [1.807, 2.05) is 0 Å². The third kappa shape index (κ3) is 1.72. The largest absolute Gasteiger partial charge is 0.459 e. The second kappa shape index (κ2) is 3.62. The molecule has 0 amide bonds. The molecule has 2 heterocycles. The fraction of sp³-hybridized carbons (Fsp3) is 0.444. The van der Waals surface area contributed by atoms with Crippen molar-refractivity contribution in [3.63, 3.8) is 0 Å². The molecule has 1 N–H and O–H groups in total. The lowest BCUT2D eigenvalue weighted by molar-refractivity contribution is 0.110. The summed E-state index contributed by atoms with van der Waals surface area (Å²) in [5.74, 6) is 0.397. The van der Waals surface area contributed by atoms with Crippen LogP contribution >= 0.6 is 0 Å². The van der Waals surface area contributed by atoms with E-state index in [9.17, 15) is 4.79 Å². The number of carbonyl (C=O) groups is 1. The normalized spacial score (nSPS) is 17.4. The third-order valence-electron chi connectivity index (χ3n) is 2.20. The zero-order chi connectivity index (χ0) is 9.10. The second-order valence-corrected chi connectivity index (χ2v) is 3.06. The van der Waals surface area contributed by atoms with Gasteiger partial charge in [0.25, 0.3) is 0 Å². The van der Waals surface area contributed by atoms with Crippen LogP contribution in [0.2, 0.25) is 0 Å². The molecular formula is C9H12N2O2. The summed E-state index contributed by atoms with van der Waals surface area (Å²) >= 11 is 0. The van der Waals surface area contributed by atoms with Crippen LogP contribution in [0.15, 0.2) is 16.7 Å². The summed E-state index contributed by atoms with van der Waals surface area (Å²) in [5.41, 5.74) is 1.00. The highest BCUT2D eigenvalue weighted by Crippen LogP contribution is 2.17. The molecule has 1 aliphatic heterocycles. The zero-order valence-corrected chi connectivity index (χ0v) is 7.32. The van der Waals surface area contributed by atoms with E-state index in [2.05, 4.69) is 10.2 Å². The molecular weight excluding hydrogens is 168 g/mol. The Balaban J connectivity index is 2.09. The maximum atomic E-state index is 10.4. The van der Waals surface area contributed by atoms with E-state index in [4.69, 9.17) is 4.42 Å². The SMILES string of the molecule is O=Cc1cc(N2CCNCC2)co1. The summed E-state index contributed by atoms with van der Waals surface area (Å²) in [6.07, 6.45) is 2.36. The topological polar surface area (TPSA) is 45.5 Å². The van der Waals surface area contributed by atoms with Gasteiger partial charge in [-0.3, -0.25) is 4.79 Å². The van der Waals surface area contributed by atoms with Gasteiger partial charge in [0.1, 0.15) is 6.26 Å². The molecule has 0 saturated carbocycles. The van der Waals surface area contributed by atoms with Gasteiger partial charge in [-0.1, -0.05) is 0 Å². The van der Waals surface area contributed by atoms with Crippen LogP contribution in [0.4, 0.5) is 5.69 Å². The summed E-state index contributed by atoms with van der Waals surface area (Å²) in [6.45, 7) is 3.92. The number of nitrogens with one attached hydrogen (secondary N) is 1. The highest BCUT2D eigenvalue weighted by molar-refractivity contribution is 5.73. The van der Waals surface area contributed by atoms with Crippen molar-refractivity contribution in [2.75, 3.05) is 31.1 Å². The Bertz CT molecular complexity index is 290. The maximum absolute atomic E-state index is 10.4. The number of piperazine rings is 1. The third-order valence-corrected chi connectivity index (χ3v) is 2.20. The molecule has 4 nitrogen and oxygen atoms in total. The Morgan fingerprint density at radius 3 is 2.85 bits per heavy atom. The number of rotatable bonds is 2. The number of hydrogen-bond acceptors (Lipinski definition) is 4. The molecule has 0 atom stereocenters. The average molecular weight is 180 g/mol.